The maximum Gasteiger partial charge on any atom is 0.0897 e. The zero-order chi connectivity index (χ0) is 13.0. The molecule has 1 fully saturated rings. The highest BCUT2D eigenvalue weighted by Crippen LogP contribution is 2.17. The average molecular weight is 267 g/mol. The fraction of sp³-hybridized carbons (Fsp3) is 0.786. The van der Waals surface area contributed by atoms with Gasteiger partial charge in [-0.15, -0.1) is 11.3 Å². The van der Waals surface area contributed by atoms with Gasteiger partial charge in [-0.1, -0.05) is 13.8 Å². The highest BCUT2D eigenvalue weighted by Gasteiger charge is 2.23. The second-order valence-corrected chi connectivity index (χ2v) is 6.85. The van der Waals surface area contributed by atoms with Crippen LogP contribution in [0.1, 0.15) is 36.6 Å². The summed E-state index contributed by atoms with van der Waals surface area (Å²) in [5.41, 5.74) is 0. The first-order valence-corrected chi connectivity index (χ1v) is 7.84. The van der Waals surface area contributed by atoms with Gasteiger partial charge in [-0.3, -0.25) is 4.90 Å². The summed E-state index contributed by atoms with van der Waals surface area (Å²) < 4.78 is 0. The van der Waals surface area contributed by atoms with Crippen LogP contribution in [-0.2, 0) is 6.54 Å². The van der Waals surface area contributed by atoms with Crippen molar-refractivity contribution in [3.05, 3.63) is 16.1 Å². The van der Waals surface area contributed by atoms with Gasteiger partial charge in [0.1, 0.15) is 0 Å². The zero-order valence-electron chi connectivity index (χ0n) is 11.8. The van der Waals surface area contributed by atoms with Crippen LogP contribution < -0.4 is 5.32 Å². The van der Waals surface area contributed by atoms with Gasteiger partial charge in [0.15, 0.2) is 0 Å². The standard InChI is InChI=1S/C14H25N3S/c1-11(2)14(17-6-4-5-7-17)10-15-8-13-9-16-12(3)18-13/h9,11,14-15H,4-8,10H2,1-3H3. The molecule has 1 atom stereocenters. The Bertz CT molecular complexity index is 356. The van der Waals surface area contributed by atoms with Crippen LogP contribution in [0.2, 0.25) is 0 Å². The Balaban J connectivity index is 1.78. The molecule has 0 saturated carbocycles. The summed E-state index contributed by atoms with van der Waals surface area (Å²) in [7, 11) is 0. The molecule has 0 amide bonds. The minimum atomic E-state index is 0.682. The molecule has 102 valence electrons. The summed E-state index contributed by atoms with van der Waals surface area (Å²) in [6.07, 6.45) is 4.74. The van der Waals surface area contributed by atoms with E-state index in [1.54, 1.807) is 11.3 Å². The minimum absolute atomic E-state index is 0.682. The van der Waals surface area contributed by atoms with Crippen molar-refractivity contribution < 1.29 is 0 Å². The van der Waals surface area contributed by atoms with Crippen LogP contribution in [0.3, 0.4) is 0 Å². The second kappa shape index (κ2) is 6.64. The number of aryl methyl sites for hydroxylation is 1. The molecular weight excluding hydrogens is 242 g/mol. The molecule has 0 bridgehead atoms. The van der Waals surface area contributed by atoms with Gasteiger partial charge in [0.2, 0.25) is 0 Å². The molecule has 1 aliphatic heterocycles. The third-order valence-electron chi connectivity index (χ3n) is 3.70. The van der Waals surface area contributed by atoms with Crippen LogP contribution in [0.4, 0.5) is 0 Å². The lowest BCUT2D eigenvalue weighted by Crippen LogP contribution is -2.43. The number of nitrogens with one attached hydrogen (secondary N) is 1. The van der Waals surface area contributed by atoms with Gasteiger partial charge in [-0.2, -0.15) is 0 Å². The van der Waals surface area contributed by atoms with Gasteiger partial charge in [-0.05, 0) is 38.8 Å². The van der Waals surface area contributed by atoms with Crippen molar-refractivity contribution in [2.75, 3.05) is 19.6 Å². The Hall–Kier alpha value is -0.450. The Kier molecular flexibility index (Phi) is 5.15. The molecule has 2 heterocycles. The van der Waals surface area contributed by atoms with Gasteiger partial charge >= 0.3 is 0 Å². The van der Waals surface area contributed by atoms with Crippen molar-refractivity contribution >= 4 is 11.3 Å². The Morgan fingerprint density at radius 3 is 2.67 bits per heavy atom. The van der Waals surface area contributed by atoms with Gasteiger partial charge < -0.3 is 5.32 Å². The van der Waals surface area contributed by atoms with E-state index in [2.05, 4.69) is 36.0 Å². The molecule has 1 aromatic heterocycles. The van der Waals surface area contributed by atoms with Crippen molar-refractivity contribution in [2.24, 2.45) is 5.92 Å². The van der Waals surface area contributed by atoms with Crippen LogP contribution in [0.15, 0.2) is 6.20 Å². The van der Waals surface area contributed by atoms with Crippen LogP contribution in [0.5, 0.6) is 0 Å². The average Bonchev–Trinajstić information content (AvgIpc) is 2.95. The first-order chi connectivity index (χ1) is 8.66. The van der Waals surface area contributed by atoms with Crippen molar-refractivity contribution in [2.45, 2.75) is 46.2 Å². The molecule has 0 aliphatic carbocycles. The summed E-state index contributed by atoms with van der Waals surface area (Å²) in [6, 6.07) is 0.682. The van der Waals surface area contributed by atoms with E-state index >= 15 is 0 Å². The third-order valence-corrected chi connectivity index (χ3v) is 4.61. The quantitative estimate of drug-likeness (QED) is 0.859. The van der Waals surface area contributed by atoms with Crippen molar-refractivity contribution in [1.82, 2.24) is 15.2 Å². The monoisotopic (exact) mass is 267 g/mol. The summed E-state index contributed by atoms with van der Waals surface area (Å²) >= 11 is 1.79. The van der Waals surface area contributed by atoms with Crippen molar-refractivity contribution in [3.8, 4) is 0 Å². The van der Waals surface area contributed by atoms with E-state index in [-0.39, 0.29) is 0 Å². The van der Waals surface area contributed by atoms with Crippen LogP contribution in [0.25, 0.3) is 0 Å². The summed E-state index contributed by atoms with van der Waals surface area (Å²) in [5, 5.41) is 4.76. The van der Waals surface area contributed by atoms with Gasteiger partial charge in [0.25, 0.3) is 0 Å². The lowest BCUT2D eigenvalue weighted by atomic mass is 10.0. The van der Waals surface area contributed by atoms with E-state index < -0.39 is 0 Å². The summed E-state index contributed by atoms with van der Waals surface area (Å²) in [6.45, 7) is 11.4. The van der Waals surface area contributed by atoms with Gasteiger partial charge in [-0.25, -0.2) is 4.98 Å². The minimum Gasteiger partial charge on any atom is -0.310 e. The highest BCUT2D eigenvalue weighted by molar-refractivity contribution is 7.11. The summed E-state index contributed by atoms with van der Waals surface area (Å²) in [4.78, 5) is 8.29. The first kappa shape index (κ1) is 14.0. The van der Waals surface area contributed by atoms with Gasteiger partial charge in [0, 0.05) is 30.2 Å². The van der Waals surface area contributed by atoms with E-state index in [1.165, 1.54) is 30.8 Å². The molecule has 0 spiro atoms. The van der Waals surface area contributed by atoms with Crippen LogP contribution in [0, 0.1) is 12.8 Å². The number of hydrogen-bond acceptors (Lipinski definition) is 4. The summed E-state index contributed by atoms with van der Waals surface area (Å²) in [5.74, 6) is 0.721. The Morgan fingerprint density at radius 1 is 1.39 bits per heavy atom. The fourth-order valence-electron chi connectivity index (χ4n) is 2.69. The van der Waals surface area contributed by atoms with Crippen molar-refractivity contribution in [3.63, 3.8) is 0 Å². The lowest BCUT2D eigenvalue weighted by Gasteiger charge is -2.31. The molecule has 2 rings (SSSR count). The number of likely N-dealkylation sites (tertiary alicyclic amines) is 1. The van der Waals surface area contributed by atoms with E-state index in [0.29, 0.717) is 6.04 Å². The van der Waals surface area contributed by atoms with Gasteiger partial charge in [0.05, 0.1) is 5.01 Å². The van der Waals surface area contributed by atoms with E-state index in [9.17, 15) is 0 Å². The molecule has 1 N–H and O–H groups in total. The number of rotatable bonds is 6. The predicted molar refractivity (Wildman–Crippen MR) is 78.0 cm³/mol. The number of aromatic nitrogens is 1. The number of nitrogens with zero attached hydrogens (tertiary/aromatic N) is 2. The molecule has 1 unspecified atom stereocenters. The smallest absolute Gasteiger partial charge is 0.0897 e. The second-order valence-electron chi connectivity index (χ2n) is 5.53. The molecular formula is C14H25N3S. The predicted octanol–water partition coefficient (Wildman–Crippen LogP) is 2.66. The molecule has 1 aromatic rings. The molecule has 1 saturated heterocycles. The molecule has 1 aliphatic rings. The van der Waals surface area contributed by atoms with Crippen LogP contribution in [-0.4, -0.2) is 35.6 Å². The maximum atomic E-state index is 4.30. The van der Waals surface area contributed by atoms with E-state index in [1.807, 2.05) is 6.20 Å². The number of thiazole rings is 1. The molecule has 18 heavy (non-hydrogen) atoms. The van der Waals surface area contributed by atoms with E-state index in [4.69, 9.17) is 0 Å². The maximum absolute atomic E-state index is 4.30. The topological polar surface area (TPSA) is 28.2 Å². The molecule has 4 heteroatoms. The molecule has 3 nitrogen and oxygen atoms in total. The first-order valence-electron chi connectivity index (χ1n) is 7.03. The Labute approximate surface area is 115 Å². The largest absolute Gasteiger partial charge is 0.310 e. The Morgan fingerprint density at radius 2 is 2.11 bits per heavy atom. The molecule has 0 radical (unpaired) electrons. The highest BCUT2D eigenvalue weighted by atomic mass is 32.1. The van der Waals surface area contributed by atoms with Crippen LogP contribution >= 0.6 is 11.3 Å². The molecule has 0 aromatic carbocycles. The number of hydrogen-bond donors (Lipinski definition) is 1. The normalized spacial score (nSPS) is 18.7. The lowest BCUT2D eigenvalue weighted by molar-refractivity contribution is 0.186. The SMILES string of the molecule is Cc1ncc(CNCC(C(C)C)N2CCCC2)s1. The third kappa shape index (κ3) is 3.77. The van der Waals surface area contributed by atoms with E-state index in [0.717, 1.165) is 24.0 Å². The van der Waals surface area contributed by atoms with Crippen molar-refractivity contribution in [1.29, 1.82) is 0 Å². The zero-order valence-corrected chi connectivity index (χ0v) is 12.6. The fourth-order valence-corrected chi connectivity index (χ4v) is 3.45.